The summed E-state index contributed by atoms with van der Waals surface area (Å²) >= 11 is 0. The van der Waals surface area contributed by atoms with E-state index in [0.29, 0.717) is 31.0 Å². The quantitative estimate of drug-likeness (QED) is 0.641. The molecule has 3 aliphatic heterocycles. The highest BCUT2D eigenvalue weighted by Gasteiger charge is 2.38. The molecule has 3 heterocycles. The first-order valence-electron chi connectivity index (χ1n) is 13.0. The van der Waals surface area contributed by atoms with Gasteiger partial charge >= 0.3 is 0 Å². The number of ether oxygens (including phenoxy) is 2. The Morgan fingerprint density at radius 2 is 1.94 bits per heavy atom. The van der Waals surface area contributed by atoms with E-state index in [9.17, 15) is 9.59 Å². The van der Waals surface area contributed by atoms with Gasteiger partial charge in [-0.1, -0.05) is 13.0 Å². The van der Waals surface area contributed by atoms with Gasteiger partial charge in [0.25, 0.3) is 5.91 Å². The number of amides is 2. The van der Waals surface area contributed by atoms with E-state index < -0.39 is 6.04 Å². The van der Waals surface area contributed by atoms with Crippen LogP contribution in [0.4, 0.5) is 0 Å². The van der Waals surface area contributed by atoms with E-state index in [1.165, 1.54) is 32.1 Å². The number of rotatable bonds is 7. The molecule has 0 spiro atoms. The minimum atomic E-state index is -0.433. The van der Waals surface area contributed by atoms with Gasteiger partial charge in [-0.3, -0.25) is 9.59 Å². The number of piperidine rings is 1. The zero-order valence-electron chi connectivity index (χ0n) is 20.0. The zero-order chi connectivity index (χ0) is 23.5. The largest absolute Gasteiger partial charge is 0.489 e. The molecule has 2 N–H and O–H groups in total. The van der Waals surface area contributed by atoms with Gasteiger partial charge in [-0.25, -0.2) is 0 Å². The lowest BCUT2D eigenvalue weighted by atomic mass is 9.91. The van der Waals surface area contributed by atoms with Crippen molar-refractivity contribution in [3.05, 3.63) is 41.6 Å². The van der Waals surface area contributed by atoms with Gasteiger partial charge in [0.05, 0.1) is 0 Å². The van der Waals surface area contributed by atoms with E-state index in [-0.39, 0.29) is 17.9 Å². The predicted octanol–water partition coefficient (Wildman–Crippen LogP) is 3.53. The first-order chi connectivity index (χ1) is 16.6. The predicted molar refractivity (Wildman–Crippen MR) is 129 cm³/mol. The normalized spacial score (nSPS) is 28.1. The van der Waals surface area contributed by atoms with Crippen molar-refractivity contribution in [2.45, 2.75) is 82.5 Å². The number of benzene rings is 1. The molecule has 1 saturated carbocycles. The van der Waals surface area contributed by atoms with Crippen molar-refractivity contribution in [2.75, 3.05) is 19.8 Å². The van der Waals surface area contributed by atoms with Crippen molar-refractivity contribution in [3.63, 3.8) is 0 Å². The van der Waals surface area contributed by atoms with E-state index in [1.807, 2.05) is 18.2 Å². The molecular formula is C27H37N3O4. The molecule has 1 aromatic rings. The lowest BCUT2D eigenvalue weighted by Crippen LogP contribution is -2.49. The molecule has 1 aliphatic carbocycles. The van der Waals surface area contributed by atoms with Crippen molar-refractivity contribution in [1.82, 2.24) is 15.5 Å². The summed E-state index contributed by atoms with van der Waals surface area (Å²) in [7, 11) is 0. The fourth-order valence-electron chi connectivity index (χ4n) is 5.86. The lowest BCUT2D eigenvalue weighted by Gasteiger charge is -2.33. The summed E-state index contributed by atoms with van der Waals surface area (Å²) in [6, 6.07) is 5.71. The molecular weight excluding hydrogens is 430 g/mol. The van der Waals surface area contributed by atoms with Crippen molar-refractivity contribution < 1.29 is 19.1 Å². The van der Waals surface area contributed by atoms with E-state index in [0.717, 1.165) is 55.5 Å². The van der Waals surface area contributed by atoms with Gasteiger partial charge in [-0.2, -0.15) is 0 Å². The van der Waals surface area contributed by atoms with E-state index in [2.05, 4.69) is 17.2 Å². The van der Waals surface area contributed by atoms with Gasteiger partial charge in [0.1, 0.15) is 17.9 Å². The molecule has 184 valence electrons. The Morgan fingerprint density at radius 1 is 1.12 bits per heavy atom. The highest BCUT2D eigenvalue weighted by atomic mass is 16.5. The molecule has 0 radical (unpaired) electrons. The van der Waals surface area contributed by atoms with Gasteiger partial charge < -0.3 is 25.0 Å². The Labute approximate surface area is 202 Å². The molecule has 0 bridgehead atoms. The van der Waals surface area contributed by atoms with Crippen LogP contribution in [0.25, 0.3) is 0 Å². The van der Waals surface area contributed by atoms with Crippen LogP contribution in [0, 0.1) is 5.92 Å². The van der Waals surface area contributed by atoms with E-state index >= 15 is 0 Å². The van der Waals surface area contributed by atoms with Crippen molar-refractivity contribution in [1.29, 1.82) is 0 Å². The minimum absolute atomic E-state index is 0.0699. The van der Waals surface area contributed by atoms with E-state index in [1.54, 1.807) is 4.90 Å². The number of hydrogen-bond donors (Lipinski definition) is 2. The van der Waals surface area contributed by atoms with Crippen LogP contribution in [0.15, 0.2) is 30.5 Å². The van der Waals surface area contributed by atoms with Crippen molar-refractivity contribution >= 4 is 11.8 Å². The Morgan fingerprint density at radius 3 is 2.76 bits per heavy atom. The maximum atomic E-state index is 13.0. The number of carbonyl (C=O) groups is 2. The summed E-state index contributed by atoms with van der Waals surface area (Å²) in [4.78, 5) is 27.1. The molecule has 3 atom stereocenters. The lowest BCUT2D eigenvalue weighted by molar-refractivity contribution is -0.126. The number of nitrogens with zero attached hydrogens (tertiary/aromatic N) is 1. The monoisotopic (exact) mass is 467 g/mol. The molecule has 2 amide bonds. The Hall–Kier alpha value is -2.38. The number of fused-ring (bicyclic) bond motifs is 1. The van der Waals surface area contributed by atoms with Crippen LogP contribution in [-0.2, 0) is 16.1 Å². The maximum Gasteiger partial charge on any atom is 0.255 e. The zero-order valence-corrected chi connectivity index (χ0v) is 20.0. The standard InChI is InChI=1S/C27H37N3O4/c1-18-6-9-24(26(31)29-18)30-17-20-16-21(7-8-22(20)27(30)32)34-25-5-3-2-4-23(25)28-13-10-19-11-14-33-15-12-19/h7-8,16,19,23-25,28H,1-6,9-15,17H2,(H,29,31)/t23-,24?,25-/m1/s1. The number of hydrogen-bond acceptors (Lipinski definition) is 5. The Bertz CT molecular complexity index is 926. The first kappa shape index (κ1) is 23.4. The third kappa shape index (κ3) is 5.15. The van der Waals surface area contributed by atoms with Gasteiger partial charge in [0.2, 0.25) is 5.91 Å². The van der Waals surface area contributed by atoms with Crippen LogP contribution < -0.4 is 15.4 Å². The third-order valence-electron chi connectivity index (χ3n) is 7.90. The molecule has 0 aromatic heterocycles. The molecule has 7 heteroatoms. The Kier molecular flexibility index (Phi) is 7.21. The molecule has 34 heavy (non-hydrogen) atoms. The van der Waals surface area contributed by atoms with Crippen molar-refractivity contribution in [2.24, 2.45) is 5.92 Å². The van der Waals surface area contributed by atoms with Crippen LogP contribution in [0.3, 0.4) is 0 Å². The van der Waals surface area contributed by atoms with Crippen LogP contribution in [0.1, 0.15) is 73.7 Å². The topological polar surface area (TPSA) is 79.9 Å². The molecule has 1 unspecified atom stereocenters. The fraction of sp³-hybridized carbons (Fsp3) is 0.630. The van der Waals surface area contributed by atoms with E-state index in [4.69, 9.17) is 9.47 Å². The van der Waals surface area contributed by atoms with Gasteiger partial charge in [-0.15, -0.1) is 0 Å². The first-order valence-corrected chi connectivity index (χ1v) is 13.0. The fourth-order valence-corrected chi connectivity index (χ4v) is 5.86. The van der Waals surface area contributed by atoms with Crippen LogP contribution in [-0.4, -0.2) is 54.7 Å². The van der Waals surface area contributed by atoms with Gasteiger partial charge in [0, 0.05) is 37.1 Å². The van der Waals surface area contributed by atoms with Gasteiger partial charge in [-0.05, 0) is 87.6 Å². The molecule has 3 fully saturated rings. The van der Waals surface area contributed by atoms with Crippen LogP contribution in [0.2, 0.25) is 0 Å². The third-order valence-corrected chi connectivity index (χ3v) is 7.90. The molecule has 7 nitrogen and oxygen atoms in total. The summed E-state index contributed by atoms with van der Waals surface area (Å²) in [6.45, 7) is 7.12. The SMILES string of the molecule is C=C1CCC(N2Cc3cc(O[C@@H]4CCCC[C@H]4NCCC4CCOCC4)ccc3C2=O)C(=O)N1. The molecule has 1 aromatic carbocycles. The smallest absolute Gasteiger partial charge is 0.255 e. The molecule has 2 saturated heterocycles. The minimum Gasteiger partial charge on any atom is -0.489 e. The molecule has 4 aliphatic rings. The molecule has 5 rings (SSSR count). The second-order valence-electron chi connectivity index (χ2n) is 10.2. The number of nitrogens with one attached hydrogen (secondary N) is 2. The summed E-state index contributed by atoms with van der Waals surface area (Å²) < 4.78 is 12.0. The summed E-state index contributed by atoms with van der Waals surface area (Å²) in [5.74, 6) is 1.38. The second kappa shape index (κ2) is 10.5. The summed E-state index contributed by atoms with van der Waals surface area (Å²) in [6.07, 6.45) is 9.62. The van der Waals surface area contributed by atoms with Crippen molar-refractivity contribution in [3.8, 4) is 5.75 Å². The summed E-state index contributed by atoms with van der Waals surface area (Å²) in [5, 5.41) is 6.57. The highest BCUT2D eigenvalue weighted by Crippen LogP contribution is 2.32. The van der Waals surface area contributed by atoms with Crippen LogP contribution >= 0.6 is 0 Å². The Balaban J connectivity index is 1.19. The number of carbonyl (C=O) groups excluding carboxylic acids is 2. The number of allylic oxidation sites excluding steroid dienone is 1. The maximum absolute atomic E-state index is 13.0. The average molecular weight is 468 g/mol. The van der Waals surface area contributed by atoms with Gasteiger partial charge in [0.15, 0.2) is 0 Å². The average Bonchev–Trinajstić information content (AvgIpc) is 3.16. The van der Waals surface area contributed by atoms with Crippen LogP contribution in [0.5, 0.6) is 5.75 Å². The highest BCUT2D eigenvalue weighted by molar-refractivity contribution is 6.01. The summed E-state index contributed by atoms with van der Waals surface area (Å²) in [5.41, 5.74) is 2.35. The second-order valence-corrected chi connectivity index (χ2v) is 10.2.